The number of hydrogen-bond donors (Lipinski definition) is 1. The van der Waals surface area contributed by atoms with E-state index in [2.05, 4.69) is 30.5 Å². The van der Waals surface area contributed by atoms with Crippen LogP contribution in [0.2, 0.25) is 0 Å². The molecule has 2 nitrogen and oxygen atoms in total. The van der Waals surface area contributed by atoms with Crippen LogP contribution in [0.5, 0.6) is 0 Å². The lowest BCUT2D eigenvalue weighted by atomic mass is 10.2. The molecular weight excluding hydrogens is 160 g/mol. The second-order valence-corrected chi connectivity index (χ2v) is 3.35. The summed E-state index contributed by atoms with van der Waals surface area (Å²) in [6.45, 7) is 5.27. The Labute approximate surface area is 78.0 Å². The maximum atomic E-state index is 5.74. The van der Waals surface area contributed by atoms with Crippen molar-refractivity contribution in [3.05, 3.63) is 30.0 Å². The van der Waals surface area contributed by atoms with Gasteiger partial charge in [-0.3, -0.25) is 0 Å². The van der Waals surface area contributed by atoms with E-state index in [1.165, 1.54) is 16.6 Å². The molecule has 0 unspecified atom stereocenters. The Bertz CT molecular complexity index is 441. The molecule has 0 spiro atoms. The summed E-state index contributed by atoms with van der Waals surface area (Å²) in [5.74, 6) is 0. The van der Waals surface area contributed by atoms with E-state index in [1.54, 1.807) is 0 Å². The number of nitrogens with two attached hydrogens (primary N) is 1. The van der Waals surface area contributed by atoms with Gasteiger partial charge in [0.1, 0.15) is 0 Å². The summed E-state index contributed by atoms with van der Waals surface area (Å²) in [6, 6.07) is 8.25. The third-order valence-electron chi connectivity index (χ3n) is 2.45. The molecule has 0 fully saturated rings. The molecule has 0 saturated carbocycles. The first-order valence-corrected chi connectivity index (χ1v) is 4.57. The van der Waals surface area contributed by atoms with E-state index in [0.29, 0.717) is 0 Å². The number of anilines is 1. The Morgan fingerprint density at radius 1 is 1.31 bits per heavy atom. The van der Waals surface area contributed by atoms with Crippen LogP contribution in [0.4, 0.5) is 5.69 Å². The predicted molar refractivity (Wildman–Crippen MR) is 56.8 cm³/mol. The lowest BCUT2D eigenvalue weighted by Crippen LogP contribution is -1.96. The van der Waals surface area contributed by atoms with Gasteiger partial charge in [0.05, 0.1) is 5.52 Å². The topological polar surface area (TPSA) is 30.9 Å². The number of aromatic nitrogens is 1. The van der Waals surface area contributed by atoms with Crippen LogP contribution in [0.15, 0.2) is 24.3 Å². The van der Waals surface area contributed by atoms with Crippen molar-refractivity contribution in [1.82, 2.24) is 4.57 Å². The van der Waals surface area contributed by atoms with Crippen LogP contribution in [-0.2, 0) is 6.54 Å². The van der Waals surface area contributed by atoms with Crippen LogP contribution in [0, 0.1) is 6.92 Å². The van der Waals surface area contributed by atoms with E-state index < -0.39 is 0 Å². The van der Waals surface area contributed by atoms with Gasteiger partial charge >= 0.3 is 0 Å². The molecule has 1 heterocycles. The maximum absolute atomic E-state index is 5.74. The van der Waals surface area contributed by atoms with Gasteiger partial charge in [0, 0.05) is 17.9 Å². The number of aryl methyl sites for hydroxylation is 2. The fourth-order valence-corrected chi connectivity index (χ4v) is 1.83. The molecule has 0 atom stereocenters. The van der Waals surface area contributed by atoms with Gasteiger partial charge in [0.2, 0.25) is 0 Å². The summed E-state index contributed by atoms with van der Waals surface area (Å²) in [5, 5.41) is 1.27. The fourth-order valence-electron chi connectivity index (χ4n) is 1.83. The molecular formula is C11H14N2. The molecule has 2 heteroatoms. The van der Waals surface area contributed by atoms with Crippen molar-refractivity contribution in [1.29, 1.82) is 0 Å². The fraction of sp³-hybridized carbons (Fsp3) is 0.273. The van der Waals surface area contributed by atoms with Crippen LogP contribution in [-0.4, -0.2) is 4.57 Å². The van der Waals surface area contributed by atoms with E-state index in [9.17, 15) is 0 Å². The molecule has 2 rings (SSSR count). The number of nitrogen functional groups attached to an aromatic ring is 1. The van der Waals surface area contributed by atoms with Crippen molar-refractivity contribution < 1.29 is 0 Å². The second-order valence-electron chi connectivity index (χ2n) is 3.35. The molecule has 0 aliphatic heterocycles. The molecule has 68 valence electrons. The molecule has 1 aromatic carbocycles. The van der Waals surface area contributed by atoms with Crippen molar-refractivity contribution in [2.45, 2.75) is 20.4 Å². The first-order valence-electron chi connectivity index (χ1n) is 4.57. The van der Waals surface area contributed by atoms with E-state index in [1.807, 2.05) is 12.1 Å². The summed E-state index contributed by atoms with van der Waals surface area (Å²) >= 11 is 0. The third-order valence-corrected chi connectivity index (χ3v) is 2.45. The molecule has 0 amide bonds. The zero-order chi connectivity index (χ0) is 9.42. The minimum Gasteiger partial charge on any atom is -0.399 e. The molecule has 0 aliphatic carbocycles. The normalized spacial score (nSPS) is 10.9. The van der Waals surface area contributed by atoms with Gasteiger partial charge < -0.3 is 10.3 Å². The van der Waals surface area contributed by atoms with Gasteiger partial charge in [0.25, 0.3) is 0 Å². The lowest BCUT2D eigenvalue weighted by Gasteiger charge is -2.03. The average molecular weight is 174 g/mol. The quantitative estimate of drug-likeness (QED) is 0.662. The van der Waals surface area contributed by atoms with Gasteiger partial charge in [-0.25, -0.2) is 0 Å². The Morgan fingerprint density at radius 3 is 2.77 bits per heavy atom. The minimum atomic E-state index is 0.834. The highest BCUT2D eigenvalue weighted by Gasteiger charge is 2.03. The van der Waals surface area contributed by atoms with E-state index in [-0.39, 0.29) is 0 Å². The highest BCUT2D eigenvalue weighted by molar-refractivity contribution is 5.84. The SMILES string of the molecule is CCn1c(C)cc2ccc(N)cc21. The Kier molecular flexibility index (Phi) is 1.76. The average Bonchev–Trinajstić information content (AvgIpc) is 2.40. The summed E-state index contributed by atoms with van der Waals surface area (Å²) in [6.07, 6.45) is 0. The molecule has 13 heavy (non-hydrogen) atoms. The number of fused-ring (bicyclic) bond motifs is 1. The molecule has 1 aromatic heterocycles. The van der Waals surface area contributed by atoms with Crippen molar-refractivity contribution in [2.75, 3.05) is 5.73 Å². The largest absolute Gasteiger partial charge is 0.399 e. The van der Waals surface area contributed by atoms with Gasteiger partial charge in [-0.15, -0.1) is 0 Å². The smallest absolute Gasteiger partial charge is 0.0502 e. The number of rotatable bonds is 1. The zero-order valence-corrected chi connectivity index (χ0v) is 8.04. The number of benzene rings is 1. The van der Waals surface area contributed by atoms with Gasteiger partial charge in [-0.05, 0) is 37.4 Å². The monoisotopic (exact) mass is 174 g/mol. The standard InChI is InChI=1S/C11H14N2/c1-3-13-8(2)6-9-4-5-10(12)7-11(9)13/h4-7H,3,12H2,1-2H3. The van der Waals surface area contributed by atoms with Gasteiger partial charge in [-0.2, -0.15) is 0 Å². The third kappa shape index (κ3) is 1.18. The summed E-state index contributed by atoms with van der Waals surface area (Å²) in [5.41, 5.74) is 9.11. The Hall–Kier alpha value is -1.44. The minimum absolute atomic E-state index is 0.834. The maximum Gasteiger partial charge on any atom is 0.0502 e. The number of hydrogen-bond acceptors (Lipinski definition) is 1. The molecule has 2 N–H and O–H groups in total. The summed E-state index contributed by atoms with van der Waals surface area (Å²) in [7, 11) is 0. The van der Waals surface area contributed by atoms with Gasteiger partial charge in [-0.1, -0.05) is 6.07 Å². The molecule has 0 radical (unpaired) electrons. The number of nitrogens with zero attached hydrogens (tertiary/aromatic N) is 1. The molecule has 0 aliphatic rings. The Balaban J connectivity index is 2.80. The predicted octanol–water partition coefficient (Wildman–Crippen LogP) is 2.55. The van der Waals surface area contributed by atoms with E-state index >= 15 is 0 Å². The van der Waals surface area contributed by atoms with Crippen LogP contribution < -0.4 is 5.73 Å². The zero-order valence-electron chi connectivity index (χ0n) is 8.04. The first-order chi connectivity index (χ1) is 6.22. The van der Waals surface area contributed by atoms with Crippen LogP contribution in [0.3, 0.4) is 0 Å². The van der Waals surface area contributed by atoms with Gasteiger partial charge in [0.15, 0.2) is 0 Å². The highest BCUT2D eigenvalue weighted by Crippen LogP contribution is 2.21. The van der Waals surface area contributed by atoms with E-state index in [4.69, 9.17) is 5.73 Å². The summed E-state index contributed by atoms with van der Waals surface area (Å²) < 4.78 is 2.27. The molecule has 2 aromatic rings. The first kappa shape index (κ1) is 8.17. The second kappa shape index (κ2) is 2.80. The molecule has 0 saturated heterocycles. The highest BCUT2D eigenvalue weighted by atomic mass is 15.0. The van der Waals surface area contributed by atoms with Crippen molar-refractivity contribution in [3.63, 3.8) is 0 Å². The van der Waals surface area contributed by atoms with Crippen LogP contribution in [0.1, 0.15) is 12.6 Å². The van der Waals surface area contributed by atoms with Crippen molar-refractivity contribution >= 4 is 16.6 Å². The van der Waals surface area contributed by atoms with Crippen LogP contribution >= 0.6 is 0 Å². The Morgan fingerprint density at radius 2 is 2.08 bits per heavy atom. The van der Waals surface area contributed by atoms with E-state index in [0.717, 1.165) is 12.2 Å². The lowest BCUT2D eigenvalue weighted by molar-refractivity contribution is 0.770. The van der Waals surface area contributed by atoms with Crippen molar-refractivity contribution in [3.8, 4) is 0 Å². The summed E-state index contributed by atoms with van der Waals surface area (Å²) in [4.78, 5) is 0. The molecule has 0 bridgehead atoms. The van der Waals surface area contributed by atoms with Crippen molar-refractivity contribution in [2.24, 2.45) is 0 Å². The van der Waals surface area contributed by atoms with Crippen LogP contribution in [0.25, 0.3) is 10.9 Å².